The largest absolute Gasteiger partial charge is 0.476 e. The average molecular weight is 417 g/mol. The number of carboxylic acid groups (broad SMARTS) is 1. The molecule has 1 aromatic heterocycles. The maximum absolute atomic E-state index is 12.8. The van der Waals surface area contributed by atoms with Crippen molar-refractivity contribution >= 4 is 28.3 Å². The minimum atomic E-state index is -9.69. The van der Waals surface area contributed by atoms with E-state index in [2.05, 4.69) is 15.4 Å². The van der Waals surface area contributed by atoms with Crippen molar-refractivity contribution in [2.24, 2.45) is 0 Å². The molecule has 0 saturated carbocycles. The molecular formula is C17H12F5N3O2S. The predicted octanol–water partition coefficient (Wildman–Crippen LogP) is 6.00. The first-order chi connectivity index (χ1) is 12.8. The summed E-state index contributed by atoms with van der Waals surface area (Å²) in [5.41, 5.74) is 1.41. The first-order valence-electron chi connectivity index (χ1n) is 7.60. The zero-order valence-electron chi connectivity index (χ0n) is 13.8. The Bertz CT molecular complexity index is 1060. The van der Waals surface area contributed by atoms with E-state index in [1.165, 1.54) is 6.08 Å². The van der Waals surface area contributed by atoms with Gasteiger partial charge in [-0.05, 0) is 34.9 Å². The Morgan fingerprint density at radius 2 is 1.39 bits per heavy atom. The summed E-state index contributed by atoms with van der Waals surface area (Å²) in [5.74, 6) is -1.24. The molecular weight excluding hydrogens is 405 g/mol. The molecule has 0 unspecified atom stereocenters. The minimum absolute atomic E-state index is 0.128. The van der Waals surface area contributed by atoms with E-state index < -0.39 is 21.1 Å². The van der Waals surface area contributed by atoms with Gasteiger partial charge in [0, 0.05) is 0 Å². The highest BCUT2D eigenvalue weighted by atomic mass is 32.5. The van der Waals surface area contributed by atoms with Gasteiger partial charge >= 0.3 is 16.2 Å². The van der Waals surface area contributed by atoms with Crippen LogP contribution >= 0.6 is 10.2 Å². The second-order valence-electron chi connectivity index (χ2n) is 5.81. The number of rotatable bonds is 5. The Hall–Kier alpha value is -3.21. The summed E-state index contributed by atoms with van der Waals surface area (Å²) < 4.78 is 63.8. The topological polar surface area (TPSA) is 78.9 Å². The monoisotopic (exact) mass is 417 g/mol. The van der Waals surface area contributed by atoms with Crippen LogP contribution in [0.2, 0.25) is 0 Å². The molecule has 0 atom stereocenters. The van der Waals surface area contributed by atoms with Gasteiger partial charge < -0.3 is 5.11 Å². The highest BCUT2D eigenvalue weighted by Crippen LogP contribution is 3.02. The van der Waals surface area contributed by atoms with Crippen molar-refractivity contribution in [3.05, 3.63) is 65.5 Å². The number of aromatic carboxylic acids is 1. The summed E-state index contributed by atoms with van der Waals surface area (Å²) in [4.78, 5) is 9.01. The van der Waals surface area contributed by atoms with Crippen LogP contribution in [0.25, 0.3) is 23.3 Å². The lowest BCUT2D eigenvalue weighted by Crippen LogP contribution is -2.05. The molecule has 5 nitrogen and oxygen atoms in total. The van der Waals surface area contributed by atoms with Crippen LogP contribution in [0.1, 0.15) is 21.7 Å². The fourth-order valence-electron chi connectivity index (χ4n) is 2.38. The van der Waals surface area contributed by atoms with E-state index in [9.17, 15) is 24.2 Å². The number of aromatic amines is 1. The minimum Gasteiger partial charge on any atom is -0.476 e. The molecule has 0 bridgehead atoms. The number of carboxylic acids is 1. The Balaban J connectivity index is 1.81. The number of hydrogen-bond acceptors (Lipinski definition) is 3. The van der Waals surface area contributed by atoms with E-state index in [1.807, 2.05) is 0 Å². The van der Waals surface area contributed by atoms with Gasteiger partial charge in [-0.15, -0.1) is 5.10 Å². The van der Waals surface area contributed by atoms with Gasteiger partial charge in [-0.2, -0.15) is 10.3 Å². The molecule has 0 aliphatic carbocycles. The molecule has 2 N–H and O–H groups in total. The van der Waals surface area contributed by atoms with Gasteiger partial charge in [-0.25, -0.2) is 4.79 Å². The van der Waals surface area contributed by atoms with Crippen LogP contribution in [-0.2, 0) is 0 Å². The fraction of sp³-hybridized carbons (Fsp3) is 0. The van der Waals surface area contributed by atoms with Crippen LogP contribution in [0.5, 0.6) is 0 Å². The molecule has 3 rings (SSSR count). The molecule has 148 valence electrons. The molecule has 1 heterocycles. The summed E-state index contributed by atoms with van der Waals surface area (Å²) in [7, 11) is -9.69. The number of carbonyl (C=O) groups is 1. The Kier molecular flexibility index (Phi) is 4.11. The molecule has 0 saturated heterocycles. The van der Waals surface area contributed by atoms with E-state index >= 15 is 0 Å². The van der Waals surface area contributed by atoms with Gasteiger partial charge in [-0.1, -0.05) is 61.9 Å². The summed E-state index contributed by atoms with van der Waals surface area (Å²) >= 11 is 0. The van der Waals surface area contributed by atoms with E-state index in [4.69, 9.17) is 5.11 Å². The average Bonchev–Trinajstić information content (AvgIpc) is 3.07. The molecule has 0 amide bonds. The van der Waals surface area contributed by atoms with Crippen LogP contribution in [-0.4, -0.2) is 26.5 Å². The lowest BCUT2D eigenvalue weighted by Gasteiger charge is -2.40. The Morgan fingerprint density at radius 3 is 1.89 bits per heavy atom. The normalized spacial score (nSPS) is 14.6. The van der Waals surface area contributed by atoms with Crippen LogP contribution in [0.4, 0.5) is 19.4 Å². The molecule has 2 aromatic carbocycles. The molecule has 0 spiro atoms. The standard InChI is InChI=1S/C17H12F5N3O2S/c18-28(19,20,21,22)14-8-6-13(7-9-14)12-4-1-11(2-5-12)3-10-15-16(17(26)27)24-25-23-15/h1-10H,(H,26,27)(H,23,24,25). The molecule has 0 aliphatic heterocycles. The number of H-pyrrole nitrogens is 1. The van der Waals surface area contributed by atoms with Crippen molar-refractivity contribution in [1.82, 2.24) is 15.4 Å². The number of hydrogen-bond donors (Lipinski definition) is 2. The summed E-state index contributed by atoms with van der Waals surface area (Å²) in [6.45, 7) is 0. The Labute approximate surface area is 155 Å². The van der Waals surface area contributed by atoms with Crippen molar-refractivity contribution in [3.8, 4) is 11.1 Å². The quantitative estimate of drug-likeness (QED) is 0.499. The van der Waals surface area contributed by atoms with E-state index in [0.717, 1.165) is 12.1 Å². The van der Waals surface area contributed by atoms with E-state index in [-0.39, 0.29) is 11.4 Å². The maximum atomic E-state index is 12.8. The van der Waals surface area contributed by atoms with Crippen LogP contribution in [0, 0.1) is 0 Å². The fourth-order valence-corrected chi connectivity index (χ4v) is 3.03. The number of aromatic nitrogens is 3. The summed E-state index contributed by atoms with van der Waals surface area (Å²) in [6, 6.07) is 9.13. The predicted molar refractivity (Wildman–Crippen MR) is 95.5 cm³/mol. The lowest BCUT2D eigenvalue weighted by molar-refractivity contribution is 0.0690. The SMILES string of the molecule is O=C(O)c1n[nH]nc1C=Cc1ccc(-c2ccc(S(F)(F)(F)(F)F)cc2)cc1. The van der Waals surface area contributed by atoms with Crippen molar-refractivity contribution in [2.45, 2.75) is 4.90 Å². The number of nitrogens with zero attached hydrogens (tertiary/aromatic N) is 2. The third-order valence-electron chi connectivity index (χ3n) is 3.75. The third kappa shape index (κ3) is 4.36. The van der Waals surface area contributed by atoms with E-state index in [1.54, 1.807) is 30.3 Å². The van der Waals surface area contributed by atoms with Crippen molar-refractivity contribution in [1.29, 1.82) is 0 Å². The zero-order chi connectivity index (χ0) is 20.6. The number of halogens is 5. The van der Waals surface area contributed by atoms with Crippen LogP contribution in [0.3, 0.4) is 0 Å². The van der Waals surface area contributed by atoms with Gasteiger partial charge in [0.2, 0.25) is 0 Å². The van der Waals surface area contributed by atoms with Crippen LogP contribution in [0.15, 0.2) is 53.4 Å². The van der Waals surface area contributed by atoms with Gasteiger partial charge in [-0.3, -0.25) is 0 Å². The van der Waals surface area contributed by atoms with Gasteiger partial charge in [0.05, 0.1) is 0 Å². The molecule has 11 heteroatoms. The van der Waals surface area contributed by atoms with Gasteiger partial charge in [0.15, 0.2) is 5.69 Å². The van der Waals surface area contributed by atoms with Crippen molar-refractivity contribution < 1.29 is 29.3 Å². The zero-order valence-corrected chi connectivity index (χ0v) is 14.6. The summed E-state index contributed by atoms with van der Waals surface area (Å²) in [5, 5.41) is 18.3. The smallest absolute Gasteiger partial charge is 0.358 e. The van der Waals surface area contributed by atoms with Crippen LogP contribution < -0.4 is 0 Å². The first kappa shape index (κ1) is 19.5. The molecule has 28 heavy (non-hydrogen) atoms. The third-order valence-corrected chi connectivity index (χ3v) is 4.92. The molecule has 3 aromatic rings. The first-order valence-corrected chi connectivity index (χ1v) is 9.55. The van der Waals surface area contributed by atoms with Crippen molar-refractivity contribution in [3.63, 3.8) is 0 Å². The second-order valence-corrected chi connectivity index (χ2v) is 8.22. The number of benzene rings is 2. The second kappa shape index (κ2) is 5.89. The molecule has 0 radical (unpaired) electrons. The molecule has 0 fully saturated rings. The number of nitrogens with one attached hydrogen (secondary N) is 1. The highest BCUT2D eigenvalue weighted by Gasteiger charge is 2.65. The summed E-state index contributed by atoms with van der Waals surface area (Å²) in [6.07, 6.45) is 3.01. The lowest BCUT2D eigenvalue weighted by atomic mass is 10.0. The van der Waals surface area contributed by atoms with E-state index in [0.29, 0.717) is 28.8 Å². The van der Waals surface area contributed by atoms with Crippen molar-refractivity contribution in [2.75, 3.05) is 0 Å². The van der Waals surface area contributed by atoms with Gasteiger partial charge in [0.1, 0.15) is 10.6 Å². The maximum Gasteiger partial charge on any atom is 0.358 e. The molecule has 0 aliphatic rings. The Morgan fingerprint density at radius 1 is 0.857 bits per heavy atom. The van der Waals surface area contributed by atoms with Gasteiger partial charge in [0.25, 0.3) is 0 Å². The highest BCUT2D eigenvalue weighted by molar-refractivity contribution is 8.45.